The number of carbonyl (C=O) groups is 2. The first-order valence-electron chi connectivity index (χ1n) is 5.67. The van der Waals surface area contributed by atoms with E-state index in [1.54, 1.807) is 16.7 Å². The first-order valence-corrected chi connectivity index (χ1v) is 6.95. The summed E-state index contributed by atoms with van der Waals surface area (Å²) in [5.41, 5.74) is 0. The van der Waals surface area contributed by atoms with E-state index in [1.807, 2.05) is 13.2 Å². The third-order valence-corrected chi connectivity index (χ3v) is 3.73. The van der Waals surface area contributed by atoms with Crippen LogP contribution < -0.4 is 0 Å². The van der Waals surface area contributed by atoms with Crippen LogP contribution in [0.4, 0.5) is 0 Å². The maximum absolute atomic E-state index is 11.9. The molecule has 0 saturated carbocycles. The Morgan fingerprint density at radius 1 is 1.59 bits per heavy atom. The van der Waals surface area contributed by atoms with E-state index in [1.165, 1.54) is 0 Å². The van der Waals surface area contributed by atoms with Crippen molar-refractivity contribution in [1.82, 2.24) is 4.90 Å². The van der Waals surface area contributed by atoms with Gasteiger partial charge in [-0.3, -0.25) is 9.59 Å². The van der Waals surface area contributed by atoms with Crippen molar-refractivity contribution < 1.29 is 19.4 Å². The van der Waals surface area contributed by atoms with Gasteiger partial charge in [-0.25, -0.2) is 0 Å². The summed E-state index contributed by atoms with van der Waals surface area (Å²) in [7, 11) is 0. The van der Waals surface area contributed by atoms with Crippen molar-refractivity contribution in [3.8, 4) is 0 Å². The van der Waals surface area contributed by atoms with Crippen LogP contribution in [-0.2, 0) is 14.3 Å². The number of hydrogen-bond donors (Lipinski definition) is 1. The summed E-state index contributed by atoms with van der Waals surface area (Å²) in [5.74, 6) is -0.799. The summed E-state index contributed by atoms with van der Waals surface area (Å²) < 4.78 is 5.32. The molecule has 1 aliphatic rings. The fourth-order valence-corrected chi connectivity index (χ4v) is 2.03. The topological polar surface area (TPSA) is 66.8 Å². The molecule has 2 atom stereocenters. The minimum absolute atomic E-state index is 0.0398. The number of aliphatic carboxylic acids is 1. The third-order valence-electron chi connectivity index (χ3n) is 2.76. The SMILES string of the molecule is CSC(C)CC(=O)N1CCOC(CC(=O)O)C1. The van der Waals surface area contributed by atoms with Crippen LogP contribution in [0.15, 0.2) is 0 Å². The molecule has 5 nitrogen and oxygen atoms in total. The van der Waals surface area contributed by atoms with Crippen molar-refractivity contribution in [2.24, 2.45) is 0 Å². The number of hydrogen-bond acceptors (Lipinski definition) is 4. The second-order valence-corrected chi connectivity index (χ2v) is 5.46. The molecule has 0 aromatic carbocycles. The summed E-state index contributed by atoms with van der Waals surface area (Å²) in [6, 6.07) is 0. The number of ether oxygens (including phenoxy) is 1. The Balaban J connectivity index is 2.43. The smallest absolute Gasteiger partial charge is 0.306 e. The molecule has 17 heavy (non-hydrogen) atoms. The number of carbonyl (C=O) groups excluding carboxylic acids is 1. The Hall–Kier alpha value is -0.750. The van der Waals surface area contributed by atoms with Crippen molar-refractivity contribution in [3.63, 3.8) is 0 Å². The lowest BCUT2D eigenvalue weighted by atomic mass is 10.2. The largest absolute Gasteiger partial charge is 0.481 e. The van der Waals surface area contributed by atoms with E-state index in [4.69, 9.17) is 9.84 Å². The van der Waals surface area contributed by atoms with Crippen LogP contribution in [0.2, 0.25) is 0 Å². The van der Waals surface area contributed by atoms with Gasteiger partial charge in [0.15, 0.2) is 0 Å². The van der Waals surface area contributed by atoms with Crippen molar-refractivity contribution in [3.05, 3.63) is 0 Å². The number of morpholine rings is 1. The molecule has 0 aromatic heterocycles. The Bertz CT molecular complexity index is 285. The highest BCUT2D eigenvalue weighted by Gasteiger charge is 2.26. The molecule has 1 rings (SSSR count). The number of rotatable bonds is 5. The zero-order valence-corrected chi connectivity index (χ0v) is 11.0. The van der Waals surface area contributed by atoms with Crippen molar-refractivity contribution >= 4 is 23.6 Å². The van der Waals surface area contributed by atoms with Gasteiger partial charge in [-0.2, -0.15) is 11.8 Å². The highest BCUT2D eigenvalue weighted by Crippen LogP contribution is 2.14. The van der Waals surface area contributed by atoms with E-state index in [0.29, 0.717) is 31.4 Å². The molecule has 1 N–H and O–H groups in total. The molecule has 98 valence electrons. The first-order chi connectivity index (χ1) is 8.02. The zero-order valence-electron chi connectivity index (χ0n) is 10.2. The summed E-state index contributed by atoms with van der Waals surface area (Å²) in [6.07, 6.45) is 2.07. The van der Waals surface area contributed by atoms with E-state index >= 15 is 0 Å². The Morgan fingerprint density at radius 2 is 2.29 bits per heavy atom. The Labute approximate surface area is 105 Å². The Kier molecular flexibility index (Phi) is 5.77. The average molecular weight is 261 g/mol. The van der Waals surface area contributed by atoms with Crippen LogP contribution in [0.3, 0.4) is 0 Å². The lowest BCUT2D eigenvalue weighted by Gasteiger charge is -2.32. The van der Waals surface area contributed by atoms with E-state index in [2.05, 4.69) is 0 Å². The van der Waals surface area contributed by atoms with Crippen molar-refractivity contribution in [2.45, 2.75) is 31.1 Å². The third kappa shape index (κ3) is 4.95. The molecule has 1 amide bonds. The summed E-state index contributed by atoms with van der Waals surface area (Å²) in [4.78, 5) is 24.2. The normalized spacial score (nSPS) is 22.2. The van der Waals surface area contributed by atoms with Gasteiger partial charge in [-0.05, 0) is 6.26 Å². The molecule has 0 radical (unpaired) electrons. The molecule has 1 heterocycles. The van der Waals surface area contributed by atoms with E-state index in [9.17, 15) is 9.59 Å². The van der Waals surface area contributed by atoms with Gasteiger partial charge in [0, 0.05) is 24.8 Å². The number of thioether (sulfide) groups is 1. The maximum atomic E-state index is 11.9. The lowest BCUT2D eigenvalue weighted by molar-refractivity contribution is -0.147. The molecule has 1 fully saturated rings. The molecule has 1 saturated heterocycles. The minimum Gasteiger partial charge on any atom is -0.481 e. The number of carboxylic acid groups (broad SMARTS) is 1. The highest BCUT2D eigenvalue weighted by atomic mass is 32.2. The van der Waals surface area contributed by atoms with Gasteiger partial charge in [0.2, 0.25) is 5.91 Å². The van der Waals surface area contributed by atoms with Crippen LogP contribution in [0.5, 0.6) is 0 Å². The predicted octanol–water partition coefficient (Wildman–Crippen LogP) is 0.830. The van der Waals surface area contributed by atoms with Crippen LogP contribution in [0.1, 0.15) is 19.8 Å². The van der Waals surface area contributed by atoms with Crippen LogP contribution in [0, 0.1) is 0 Å². The summed E-state index contributed by atoms with van der Waals surface area (Å²) >= 11 is 1.66. The molecular weight excluding hydrogens is 242 g/mol. The fraction of sp³-hybridized carbons (Fsp3) is 0.818. The molecule has 0 bridgehead atoms. The van der Waals surface area contributed by atoms with E-state index in [-0.39, 0.29) is 18.4 Å². The first kappa shape index (κ1) is 14.3. The van der Waals surface area contributed by atoms with Gasteiger partial charge in [0.1, 0.15) is 0 Å². The van der Waals surface area contributed by atoms with Gasteiger partial charge in [0.25, 0.3) is 0 Å². The van der Waals surface area contributed by atoms with E-state index in [0.717, 1.165) is 0 Å². The second-order valence-electron chi connectivity index (χ2n) is 4.18. The molecule has 1 aliphatic heterocycles. The van der Waals surface area contributed by atoms with Crippen LogP contribution >= 0.6 is 11.8 Å². The number of amides is 1. The zero-order chi connectivity index (χ0) is 12.8. The standard InChI is InChI=1S/C11H19NO4S/c1-8(17-2)5-10(13)12-3-4-16-9(7-12)6-11(14)15/h8-9H,3-7H2,1-2H3,(H,14,15). The molecule has 0 aromatic rings. The number of carboxylic acids is 1. The quantitative estimate of drug-likeness (QED) is 0.794. The van der Waals surface area contributed by atoms with Gasteiger partial charge in [-0.15, -0.1) is 0 Å². The van der Waals surface area contributed by atoms with Crippen molar-refractivity contribution in [2.75, 3.05) is 26.0 Å². The van der Waals surface area contributed by atoms with Gasteiger partial charge in [-0.1, -0.05) is 6.92 Å². The van der Waals surface area contributed by atoms with Crippen LogP contribution in [0.25, 0.3) is 0 Å². The summed E-state index contributed by atoms with van der Waals surface area (Å²) in [6.45, 7) is 3.40. The average Bonchev–Trinajstić information content (AvgIpc) is 2.28. The van der Waals surface area contributed by atoms with Crippen molar-refractivity contribution in [1.29, 1.82) is 0 Å². The monoisotopic (exact) mass is 261 g/mol. The molecule has 0 aliphatic carbocycles. The van der Waals surface area contributed by atoms with Gasteiger partial charge < -0.3 is 14.7 Å². The predicted molar refractivity (Wildman–Crippen MR) is 66.2 cm³/mol. The molecule has 6 heteroatoms. The van der Waals surface area contributed by atoms with Gasteiger partial charge in [0.05, 0.1) is 19.1 Å². The Morgan fingerprint density at radius 3 is 2.88 bits per heavy atom. The molecular formula is C11H19NO4S. The number of nitrogens with zero attached hydrogens (tertiary/aromatic N) is 1. The summed E-state index contributed by atoms with van der Waals surface area (Å²) in [5, 5.41) is 8.98. The van der Waals surface area contributed by atoms with Crippen LogP contribution in [-0.4, -0.2) is 59.2 Å². The maximum Gasteiger partial charge on any atom is 0.306 e. The molecule has 0 spiro atoms. The second kappa shape index (κ2) is 6.86. The van der Waals surface area contributed by atoms with Gasteiger partial charge >= 0.3 is 5.97 Å². The van der Waals surface area contributed by atoms with E-state index < -0.39 is 5.97 Å². The fourth-order valence-electron chi connectivity index (χ4n) is 1.72. The minimum atomic E-state index is -0.887. The lowest BCUT2D eigenvalue weighted by Crippen LogP contribution is -2.46. The highest BCUT2D eigenvalue weighted by molar-refractivity contribution is 7.99. The molecule has 2 unspecified atom stereocenters.